The Balaban J connectivity index is 0.675. The van der Waals surface area contributed by atoms with Gasteiger partial charge in [0.25, 0.3) is 0 Å². The molecule has 3 atom stereocenters. The van der Waals surface area contributed by atoms with E-state index in [2.05, 4.69) is 74.3 Å². The maximum absolute atomic E-state index is 14.3. The van der Waals surface area contributed by atoms with Gasteiger partial charge in [-0.25, -0.2) is 17.2 Å². The van der Waals surface area contributed by atoms with Gasteiger partial charge in [0.05, 0.1) is 79.0 Å². The van der Waals surface area contributed by atoms with Crippen molar-refractivity contribution in [2.24, 2.45) is 0 Å². The van der Waals surface area contributed by atoms with Gasteiger partial charge in [0, 0.05) is 105 Å². The molecule has 3 aromatic carbocycles. The van der Waals surface area contributed by atoms with Crippen molar-refractivity contribution in [1.29, 1.82) is 0 Å². The van der Waals surface area contributed by atoms with E-state index in [0.717, 1.165) is 68.3 Å². The first-order valence-corrected chi connectivity index (χ1v) is 28.2. The number of nitrogens with zero attached hydrogens (tertiary/aromatic N) is 7. The van der Waals surface area contributed by atoms with Gasteiger partial charge in [-0.05, 0) is 101 Å². The summed E-state index contributed by atoms with van der Waals surface area (Å²) in [5, 5.41) is 15.2. The van der Waals surface area contributed by atoms with Crippen LogP contribution in [0.5, 0.6) is 5.75 Å². The molecule has 2 fully saturated rings. The SMILES string of the molecule is C[C@@H]1CN(CC(=O)N2CC(C)(C)c3ncc(Cc4ccc(F)cc4)cc32)[C@@H](CN2CCN(CCOCCOCCOCCOc3cc4nccc(Nc5n[nH]c6ccc(F)cc56)c4cc3S(=O)(=O)C(C)(C)C)C[C@H]2C)CN1. The monoisotopic (exact) mass is 1080 g/mol. The minimum absolute atomic E-state index is 0.0247. The normalized spacial score (nSPS) is 19.5. The summed E-state index contributed by atoms with van der Waals surface area (Å²) in [7, 11) is -3.87. The van der Waals surface area contributed by atoms with Crippen LogP contribution in [0.1, 0.15) is 65.3 Å². The quantitative estimate of drug-likeness (QED) is 0.0586. The zero-order valence-corrected chi connectivity index (χ0v) is 46.2. The van der Waals surface area contributed by atoms with E-state index in [9.17, 15) is 22.0 Å². The number of ether oxygens (including phenoxy) is 4. The Morgan fingerprint density at radius 2 is 1.56 bits per heavy atom. The number of amides is 1. The predicted molar refractivity (Wildman–Crippen MR) is 295 cm³/mol. The van der Waals surface area contributed by atoms with Crippen LogP contribution in [-0.4, -0.2) is 177 Å². The second-order valence-corrected chi connectivity index (χ2v) is 24.9. The van der Waals surface area contributed by atoms with Gasteiger partial charge in [-0.3, -0.25) is 34.6 Å². The first-order chi connectivity index (χ1) is 36.8. The fourth-order valence-electron chi connectivity index (χ4n) is 10.5. The summed E-state index contributed by atoms with van der Waals surface area (Å²) in [5.41, 5.74) is 5.23. The first kappa shape index (κ1) is 56.0. The maximum atomic E-state index is 14.3. The van der Waals surface area contributed by atoms with Gasteiger partial charge in [0.1, 0.15) is 28.9 Å². The molecular weight excluding hydrogens is 1010 g/mol. The van der Waals surface area contributed by atoms with Crippen LogP contribution in [-0.2, 0) is 40.7 Å². The lowest BCUT2D eigenvalue weighted by Gasteiger charge is -2.45. The number of nitrogens with one attached hydrogen (secondary N) is 3. The van der Waals surface area contributed by atoms with E-state index in [4.69, 9.17) is 23.9 Å². The third-order valence-electron chi connectivity index (χ3n) is 14.9. The van der Waals surface area contributed by atoms with Gasteiger partial charge in [-0.15, -0.1) is 0 Å². The Kier molecular flexibility index (Phi) is 17.5. The number of aromatic nitrogens is 4. The molecule has 6 heterocycles. The van der Waals surface area contributed by atoms with E-state index in [-0.39, 0.29) is 53.1 Å². The van der Waals surface area contributed by atoms with Crippen molar-refractivity contribution in [3.05, 3.63) is 108 Å². The van der Waals surface area contributed by atoms with E-state index in [0.29, 0.717) is 91.9 Å². The van der Waals surface area contributed by atoms with Gasteiger partial charge in [0.15, 0.2) is 15.7 Å². The number of aromatic amines is 1. The molecule has 0 unspecified atom stereocenters. The van der Waals surface area contributed by atoms with Crippen molar-refractivity contribution in [1.82, 2.24) is 40.2 Å². The van der Waals surface area contributed by atoms with Crippen LogP contribution in [0, 0.1) is 11.6 Å². The Labute approximate surface area is 450 Å². The van der Waals surface area contributed by atoms with Crippen LogP contribution in [0.15, 0.2) is 84.0 Å². The minimum atomic E-state index is -3.87. The maximum Gasteiger partial charge on any atom is 0.241 e. The molecule has 2 saturated heterocycles. The number of fused-ring (bicyclic) bond motifs is 3. The molecule has 6 aromatic rings. The van der Waals surface area contributed by atoms with Gasteiger partial charge in [-0.1, -0.05) is 26.0 Å². The zero-order valence-electron chi connectivity index (χ0n) is 45.4. The van der Waals surface area contributed by atoms with Crippen molar-refractivity contribution in [3.63, 3.8) is 0 Å². The van der Waals surface area contributed by atoms with Crippen LogP contribution in [0.3, 0.4) is 0 Å². The van der Waals surface area contributed by atoms with Gasteiger partial charge in [0.2, 0.25) is 5.91 Å². The Bertz CT molecular complexity index is 3120. The van der Waals surface area contributed by atoms with Gasteiger partial charge < -0.3 is 34.5 Å². The third-order valence-corrected chi connectivity index (χ3v) is 17.4. The molecule has 1 amide bonds. The molecule has 0 aliphatic carbocycles. The average molecular weight is 1080 g/mol. The second-order valence-electron chi connectivity index (χ2n) is 22.3. The summed E-state index contributed by atoms with van der Waals surface area (Å²) >= 11 is 0. The molecule has 17 nitrogen and oxygen atoms in total. The molecule has 0 saturated carbocycles. The summed E-state index contributed by atoms with van der Waals surface area (Å²) in [5.74, 6) is -0.0125. The first-order valence-electron chi connectivity index (χ1n) is 26.7. The number of piperazine rings is 2. The van der Waals surface area contributed by atoms with E-state index >= 15 is 0 Å². The van der Waals surface area contributed by atoms with Crippen LogP contribution in [0.25, 0.3) is 21.8 Å². The highest BCUT2D eigenvalue weighted by atomic mass is 32.2. The number of hydrogen-bond acceptors (Lipinski definition) is 15. The molecule has 0 radical (unpaired) electrons. The van der Waals surface area contributed by atoms with E-state index in [1.165, 1.54) is 24.3 Å². The summed E-state index contributed by atoms with van der Waals surface area (Å²) < 4.78 is 78.0. The fourth-order valence-corrected chi connectivity index (χ4v) is 11.8. The smallest absolute Gasteiger partial charge is 0.241 e. The number of anilines is 3. The number of halogens is 2. The molecule has 3 aromatic heterocycles. The molecule has 9 rings (SSSR count). The van der Waals surface area contributed by atoms with Crippen molar-refractivity contribution >= 4 is 54.7 Å². The van der Waals surface area contributed by atoms with Crippen LogP contribution < -0.4 is 20.3 Å². The van der Waals surface area contributed by atoms with Crippen molar-refractivity contribution in [3.8, 4) is 5.75 Å². The minimum Gasteiger partial charge on any atom is -0.490 e. The van der Waals surface area contributed by atoms with Crippen LogP contribution in [0.2, 0.25) is 0 Å². The number of carbonyl (C=O) groups excluding carboxylic acids is 1. The number of hydrogen-bond donors (Lipinski definition) is 3. The number of H-pyrrole nitrogens is 1. The Morgan fingerprint density at radius 3 is 2.30 bits per heavy atom. The van der Waals surface area contributed by atoms with Crippen LogP contribution in [0.4, 0.5) is 26.0 Å². The van der Waals surface area contributed by atoms with Crippen molar-refractivity contribution in [2.75, 3.05) is 115 Å². The largest absolute Gasteiger partial charge is 0.490 e. The van der Waals surface area contributed by atoms with Crippen LogP contribution >= 0.6 is 0 Å². The average Bonchev–Trinajstić information content (AvgIpc) is 3.91. The number of rotatable bonds is 22. The van der Waals surface area contributed by atoms with E-state index in [1.807, 2.05) is 11.1 Å². The van der Waals surface area contributed by atoms with Crippen molar-refractivity contribution < 1.29 is 40.9 Å². The Hall–Kier alpha value is -5.71. The second kappa shape index (κ2) is 24.1. The number of benzene rings is 3. The summed E-state index contributed by atoms with van der Waals surface area (Å²) in [6.45, 7) is 23.2. The molecule has 3 N–H and O–H groups in total. The molecule has 0 bridgehead atoms. The molecule has 20 heteroatoms. The standard InChI is InChI=1S/C57H74F2N10O7S/c1-38-33-68(36-53(70)69-37-57(6,7)54-50(69)27-41(31-62-54)26-40-8-10-42(58)11-9-40)44(32-61-38)35-67-17-16-66(34-39(67)2)18-19-73-20-21-74-22-23-75-24-25-76-51-30-49-45(29-52(51)77(71,72)56(3,4)5)47(14-15-60-49)63-55-46-28-43(59)12-13-48(46)64-65-55/h8-15,27-31,38-39,44,61H,16-26,32-37H2,1-7H3,(H2,60,63,64,65)/t38-,39-,44-/m1/s1. The molecule has 414 valence electrons. The highest BCUT2D eigenvalue weighted by Gasteiger charge is 2.41. The van der Waals surface area contributed by atoms with Gasteiger partial charge in [-0.2, -0.15) is 5.10 Å². The molecular formula is C57H74F2N10O7S. The lowest BCUT2D eigenvalue weighted by Crippen LogP contribution is -2.63. The highest BCUT2D eigenvalue weighted by molar-refractivity contribution is 7.92. The molecule has 0 spiro atoms. The van der Waals surface area contributed by atoms with Crippen molar-refractivity contribution in [2.45, 2.75) is 88.1 Å². The Morgan fingerprint density at radius 1 is 0.831 bits per heavy atom. The lowest BCUT2D eigenvalue weighted by atomic mass is 9.91. The number of carbonyl (C=O) groups is 1. The number of pyridine rings is 2. The third kappa shape index (κ3) is 13.4. The number of sulfone groups is 1. The molecule has 3 aliphatic rings. The summed E-state index contributed by atoms with van der Waals surface area (Å²) in [6.07, 6.45) is 4.10. The lowest BCUT2D eigenvalue weighted by molar-refractivity contribution is -0.121. The zero-order chi connectivity index (χ0) is 54.5. The summed E-state index contributed by atoms with van der Waals surface area (Å²) in [6, 6.07) is 18.7. The van der Waals surface area contributed by atoms with E-state index < -0.39 is 20.4 Å². The molecule has 3 aliphatic heterocycles. The summed E-state index contributed by atoms with van der Waals surface area (Å²) in [4.78, 5) is 33.0. The topological polar surface area (TPSA) is 180 Å². The highest BCUT2D eigenvalue weighted by Crippen LogP contribution is 2.41. The predicted octanol–water partition coefficient (Wildman–Crippen LogP) is 7.11. The fraction of sp³-hybridized carbons (Fsp3) is 0.509. The molecule has 77 heavy (non-hydrogen) atoms. The van der Waals surface area contributed by atoms with Gasteiger partial charge >= 0.3 is 0 Å². The van der Waals surface area contributed by atoms with E-state index in [1.54, 1.807) is 63.4 Å².